The molecular weight excluding hydrogens is 246 g/mol. The van der Waals surface area contributed by atoms with E-state index in [1.54, 1.807) is 0 Å². The molecule has 0 amide bonds. The first kappa shape index (κ1) is 16.3. The molecule has 1 heterocycles. The summed E-state index contributed by atoms with van der Waals surface area (Å²) in [6.45, 7) is 10.8. The Bertz CT molecular complexity index is 301. The molecule has 0 aromatic heterocycles. The highest BCUT2D eigenvalue weighted by Crippen LogP contribution is 2.39. The van der Waals surface area contributed by atoms with E-state index in [9.17, 15) is 0 Å². The Hall–Kier alpha value is -0.120. The van der Waals surface area contributed by atoms with Crippen molar-refractivity contribution in [2.45, 2.75) is 71.0 Å². The summed E-state index contributed by atoms with van der Waals surface area (Å²) in [7, 11) is 4.42. The van der Waals surface area contributed by atoms with Crippen molar-refractivity contribution in [1.29, 1.82) is 0 Å². The molecule has 0 aromatic carbocycles. The lowest BCUT2D eigenvalue weighted by atomic mass is 9.70. The molecule has 0 spiro atoms. The molecule has 2 aliphatic rings. The third-order valence-electron chi connectivity index (χ3n) is 5.40. The normalized spacial score (nSPS) is 34.8. The van der Waals surface area contributed by atoms with Gasteiger partial charge in [0.05, 0.1) is 0 Å². The van der Waals surface area contributed by atoms with Gasteiger partial charge >= 0.3 is 0 Å². The second kappa shape index (κ2) is 6.76. The van der Waals surface area contributed by atoms with Crippen LogP contribution in [0.3, 0.4) is 0 Å². The Kier molecular flexibility index (Phi) is 5.49. The van der Waals surface area contributed by atoms with Crippen LogP contribution in [-0.4, -0.2) is 61.7 Å². The van der Waals surface area contributed by atoms with Crippen molar-refractivity contribution in [2.75, 3.05) is 33.7 Å². The number of nitrogens with one attached hydrogen (secondary N) is 1. The van der Waals surface area contributed by atoms with Crippen molar-refractivity contribution in [2.24, 2.45) is 5.41 Å². The monoisotopic (exact) mass is 281 g/mol. The van der Waals surface area contributed by atoms with Crippen LogP contribution in [0, 0.1) is 5.41 Å². The van der Waals surface area contributed by atoms with Crippen LogP contribution in [0.4, 0.5) is 0 Å². The van der Waals surface area contributed by atoms with Gasteiger partial charge in [0, 0.05) is 24.7 Å². The molecule has 1 N–H and O–H groups in total. The van der Waals surface area contributed by atoms with E-state index in [1.165, 1.54) is 45.2 Å². The predicted octanol–water partition coefficient (Wildman–Crippen LogP) is 2.57. The maximum Gasteiger partial charge on any atom is 0.0274 e. The second-order valence-electron chi connectivity index (χ2n) is 7.78. The highest BCUT2D eigenvalue weighted by atomic mass is 15.3. The third kappa shape index (κ3) is 3.55. The van der Waals surface area contributed by atoms with E-state index < -0.39 is 0 Å². The molecule has 0 radical (unpaired) electrons. The van der Waals surface area contributed by atoms with E-state index in [2.05, 4.69) is 50.0 Å². The quantitative estimate of drug-likeness (QED) is 0.835. The average molecular weight is 281 g/mol. The van der Waals surface area contributed by atoms with Crippen molar-refractivity contribution in [1.82, 2.24) is 15.1 Å². The SMILES string of the molecule is CCNC1C(N2CCCC2CN(C)C)CCCC1(C)C. The summed E-state index contributed by atoms with van der Waals surface area (Å²) in [5.41, 5.74) is 0.435. The Morgan fingerprint density at radius 2 is 1.95 bits per heavy atom. The Balaban J connectivity index is 2.11. The van der Waals surface area contributed by atoms with Crippen LogP contribution in [0.15, 0.2) is 0 Å². The number of nitrogens with zero attached hydrogens (tertiary/aromatic N) is 2. The van der Waals surface area contributed by atoms with Crippen LogP contribution < -0.4 is 5.32 Å². The highest BCUT2D eigenvalue weighted by Gasteiger charge is 2.43. The first-order valence-corrected chi connectivity index (χ1v) is 8.59. The molecule has 1 saturated heterocycles. The molecule has 1 aliphatic carbocycles. The van der Waals surface area contributed by atoms with Gasteiger partial charge in [0.2, 0.25) is 0 Å². The lowest BCUT2D eigenvalue weighted by Crippen LogP contribution is -2.60. The molecule has 3 heteroatoms. The second-order valence-corrected chi connectivity index (χ2v) is 7.78. The molecule has 3 atom stereocenters. The van der Waals surface area contributed by atoms with Crippen LogP contribution in [-0.2, 0) is 0 Å². The smallest absolute Gasteiger partial charge is 0.0274 e. The molecule has 3 unspecified atom stereocenters. The zero-order valence-corrected chi connectivity index (χ0v) is 14.3. The van der Waals surface area contributed by atoms with E-state index in [0.717, 1.165) is 18.6 Å². The molecule has 118 valence electrons. The fraction of sp³-hybridized carbons (Fsp3) is 1.00. The fourth-order valence-corrected chi connectivity index (χ4v) is 4.51. The third-order valence-corrected chi connectivity index (χ3v) is 5.40. The molecule has 0 aromatic rings. The average Bonchev–Trinajstić information content (AvgIpc) is 2.78. The maximum atomic E-state index is 3.82. The zero-order chi connectivity index (χ0) is 14.8. The number of hydrogen-bond acceptors (Lipinski definition) is 3. The van der Waals surface area contributed by atoms with Gasteiger partial charge in [-0.3, -0.25) is 4.90 Å². The molecule has 1 saturated carbocycles. The fourth-order valence-electron chi connectivity index (χ4n) is 4.51. The molecule has 2 fully saturated rings. The number of likely N-dealkylation sites (tertiary alicyclic amines) is 1. The van der Waals surface area contributed by atoms with Crippen LogP contribution in [0.1, 0.15) is 52.9 Å². The van der Waals surface area contributed by atoms with E-state index in [1.807, 2.05) is 0 Å². The van der Waals surface area contributed by atoms with Crippen LogP contribution in [0.2, 0.25) is 0 Å². The predicted molar refractivity (Wildman–Crippen MR) is 87.2 cm³/mol. The van der Waals surface area contributed by atoms with E-state index in [4.69, 9.17) is 0 Å². The van der Waals surface area contributed by atoms with Gasteiger partial charge in [-0.2, -0.15) is 0 Å². The van der Waals surface area contributed by atoms with E-state index >= 15 is 0 Å². The minimum atomic E-state index is 0.435. The van der Waals surface area contributed by atoms with Gasteiger partial charge in [0.15, 0.2) is 0 Å². The summed E-state index contributed by atoms with van der Waals surface area (Å²) in [4.78, 5) is 5.20. The van der Waals surface area contributed by atoms with Gasteiger partial charge in [-0.25, -0.2) is 0 Å². The minimum absolute atomic E-state index is 0.435. The van der Waals surface area contributed by atoms with Gasteiger partial charge in [-0.1, -0.05) is 27.2 Å². The number of hydrogen-bond donors (Lipinski definition) is 1. The lowest BCUT2D eigenvalue weighted by Gasteiger charge is -2.49. The molecule has 0 bridgehead atoms. The molecule has 1 aliphatic heterocycles. The van der Waals surface area contributed by atoms with E-state index in [-0.39, 0.29) is 0 Å². The Morgan fingerprint density at radius 1 is 1.20 bits per heavy atom. The van der Waals surface area contributed by atoms with Gasteiger partial charge in [0.25, 0.3) is 0 Å². The Morgan fingerprint density at radius 3 is 2.60 bits per heavy atom. The first-order valence-electron chi connectivity index (χ1n) is 8.59. The first-order chi connectivity index (χ1) is 9.45. The molecule has 3 nitrogen and oxygen atoms in total. The van der Waals surface area contributed by atoms with Crippen molar-refractivity contribution in [3.63, 3.8) is 0 Å². The van der Waals surface area contributed by atoms with Crippen molar-refractivity contribution >= 4 is 0 Å². The van der Waals surface area contributed by atoms with Crippen molar-refractivity contribution in [3.05, 3.63) is 0 Å². The summed E-state index contributed by atoms with van der Waals surface area (Å²) in [5.74, 6) is 0. The minimum Gasteiger partial charge on any atom is -0.312 e. The number of rotatable bonds is 5. The summed E-state index contributed by atoms with van der Waals surface area (Å²) >= 11 is 0. The maximum absolute atomic E-state index is 3.82. The largest absolute Gasteiger partial charge is 0.312 e. The van der Waals surface area contributed by atoms with E-state index in [0.29, 0.717) is 11.5 Å². The van der Waals surface area contributed by atoms with Crippen LogP contribution in [0.25, 0.3) is 0 Å². The topological polar surface area (TPSA) is 18.5 Å². The number of likely N-dealkylation sites (N-methyl/N-ethyl adjacent to an activating group) is 2. The summed E-state index contributed by atoms with van der Waals surface area (Å²) < 4.78 is 0. The van der Waals surface area contributed by atoms with Gasteiger partial charge in [-0.15, -0.1) is 0 Å². The standard InChI is InChI=1S/C17H35N3/c1-6-18-16-15(10-7-11-17(16,2)3)20-12-8-9-14(20)13-19(4)5/h14-16,18H,6-13H2,1-5H3. The summed E-state index contributed by atoms with van der Waals surface area (Å²) in [6.07, 6.45) is 6.91. The zero-order valence-electron chi connectivity index (χ0n) is 14.3. The molecular formula is C17H35N3. The van der Waals surface area contributed by atoms with Crippen molar-refractivity contribution in [3.8, 4) is 0 Å². The van der Waals surface area contributed by atoms with Crippen LogP contribution >= 0.6 is 0 Å². The van der Waals surface area contributed by atoms with Crippen LogP contribution in [0.5, 0.6) is 0 Å². The summed E-state index contributed by atoms with van der Waals surface area (Å²) in [6, 6.07) is 2.17. The highest BCUT2D eigenvalue weighted by molar-refractivity contribution is 5.01. The van der Waals surface area contributed by atoms with Gasteiger partial charge in [0.1, 0.15) is 0 Å². The molecule has 2 rings (SSSR count). The van der Waals surface area contributed by atoms with Crippen molar-refractivity contribution < 1.29 is 0 Å². The Labute approximate surface area is 126 Å². The lowest BCUT2D eigenvalue weighted by molar-refractivity contribution is 0.0361. The van der Waals surface area contributed by atoms with Gasteiger partial charge < -0.3 is 10.2 Å². The van der Waals surface area contributed by atoms with Gasteiger partial charge in [-0.05, 0) is 58.3 Å². The molecule has 20 heavy (non-hydrogen) atoms. The summed E-state index contributed by atoms with van der Waals surface area (Å²) in [5, 5.41) is 3.82.